The first-order valence-corrected chi connectivity index (χ1v) is 7.99. The van der Waals surface area contributed by atoms with Crippen LogP contribution >= 0.6 is 0 Å². The summed E-state index contributed by atoms with van der Waals surface area (Å²) in [6.07, 6.45) is 0.693. The maximum Gasteiger partial charge on any atom is 0.123 e. The number of benzene rings is 2. The zero-order valence-corrected chi connectivity index (χ0v) is 13.6. The highest BCUT2D eigenvalue weighted by molar-refractivity contribution is 5.63. The van der Waals surface area contributed by atoms with E-state index in [1.54, 1.807) is 12.1 Å². The van der Waals surface area contributed by atoms with Crippen LogP contribution in [0.3, 0.4) is 0 Å². The van der Waals surface area contributed by atoms with E-state index in [0.717, 1.165) is 28.4 Å². The molecule has 0 spiro atoms. The summed E-state index contributed by atoms with van der Waals surface area (Å²) in [5.74, 6) is 0.562. The van der Waals surface area contributed by atoms with E-state index >= 15 is 0 Å². The van der Waals surface area contributed by atoms with Gasteiger partial charge in [0.15, 0.2) is 0 Å². The molecular formula is C19H20FN3O. The molecule has 1 heterocycles. The minimum Gasteiger partial charge on any atom is -0.494 e. The highest BCUT2D eigenvalue weighted by atomic mass is 19.1. The van der Waals surface area contributed by atoms with Crippen molar-refractivity contribution in [2.24, 2.45) is 5.73 Å². The number of nitrogens with two attached hydrogens (primary N) is 1. The predicted molar refractivity (Wildman–Crippen MR) is 92.9 cm³/mol. The lowest BCUT2D eigenvalue weighted by Gasteiger charge is -2.09. The third-order valence-electron chi connectivity index (χ3n) is 3.69. The molecule has 0 bridgehead atoms. The molecule has 0 aliphatic heterocycles. The van der Waals surface area contributed by atoms with Crippen molar-refractivity contribution in [1.82, 2.24) is 9.78 Å². The predicted octanol–water partition coefficient (Wildman–Crippen LogP) is 3.58. The van der Waals surface area contributed by atoms with Gasteiger partial charge in [-0.25, -0.2) is 9.07 Å². The summed E-state index contributed by atoms with van der Waals surface area (Å²) in [6, 6.07) is 16.1. The minimum absolute atomic E-state index is 0.256. The molecule has 1 aromatic heterocycles. The van der Waals surface area contributed by atoms with Gasteiger partial charge in [0.05, 0.1) is 23.7 Å². The lowest BCUT2D eigenvalue weighted by atomic mass is 10.1. The van der Waals surface area contributed by atoms with E-state index < -0.39 is 0 Å². The van der Waals surface area contributed by atoms with Gasteiger partial charge < -0.3 is 10.5 Å². The topological polar surface area (TPSA) is 53.1 Å². The lowest BCUT2D eigenvalue weighted by molar-refractivity contribution is 0.340. The number of ether oxygens (including phenoxy) is 1. The summed E-state index contributed by atoms with van der Waals surface area (Å²) < 4.78 is 20.6. The van der Waals surface area contributed by atoms with E-state index in [4.69, 9.17) is 10.5 Å². The van der Waals surface area contributed by atoms with E-state index in [9.17, 15) is 4.39 Å². The first kappa shape index (κ1) is 16.2. The molecule has 0 radical (unpaired) electrons. The number of halogens is 1. The normalized spacial score (nSPS) is 10.8. The summed E-state index contributed by atoms with van der Waals surface area (Å²) in [5.41, 5.74) is 9.29. The Labute approximate surface area is 140 Å². The molecule has 124 valence electrons. The van der Waals surface area contributed by atoms with Crippen molar-refractivity contribution in [3.63, 3.8) is 0 Å². The zero-order valence-electron chi connectivity index (χ0n) is 13.6. The molecule has 0 aliphatic rings. The smallest absolute Gasteiger partial charge is 0.123 e. The molecule has 24 heavy (non-hydrogen) atoms. The van der Waals surface area contributed by atoms with Crippen LogP contribution < -0.4 is 10.5 Å². The van der Waals surface area contributed by atoms with Gasteiger partial charge in [-0.3, -0.25) is 0 Å². The Bertz CT molecular complexity index is 794. The Morgan fingerprint density at radius 1 is 1.08 bits per heavy atom. The standard InChI is InChI=1S/C19H20FN3O/c1-2-24-18-9-7-17(8-10-18)23-19(13-16(22-23)11-12-21)14-3-5-15(20)6-4-14/h3-10,13H,2,11-12,21H2,1H3. The summed E-state index contributed by atoms with van der Waals surface area (Å²) in [4.78, 5) is 0. The quantitative estimate of drug-likeness (QED) is 0.754. The molecule has 0 fully saturated rings. The molecule has 0 aliphatic carbocycles. The monoisotopic (exact) mass is 325 g/mol. The van der Waals surface area contributed by atoms with Crippen LogP contribution in [-0.2, 0) is 6.42 Å². The van der Waals surface area contributed by atoms with Crippen LogP contribution in [0.1, 0.15) is 12.6 Å². The average molecular weight is 325 g/mol. The third kappa shape index (κ3) is 3.46. The van der Waals surface area contributed by atoms with Gasteiger partial charge in [0.1, 0.15) is 11.6 Å². The molecule has 0 saturated heterocycles. The van der Waals surface area contributed by atoms with Crippen LogP contribution in [0.25, 0.3) is 16.9 Å². The van der Waals surface area contributed by atoms with Crippen LogP contribution in [-0.4, -0.2) is 22.9 Å². The maximum absolute atomic E-state index is 13.2. The second-order valence-corrected chi connectivity index (χ2v) is 5.41. The molecule has 0 amide bonds. The van der Waals surface area contributed by atoms with Gasteiger partial charge in [-0.1, -0.05) is 0 Å². The van der Waals surface area contributed by atoms with Crippen LogP contribution in [0.15, 0.2) is 54.6 Å². The van der Waals surface area contributed by atoms with Crippen LogP contribution in [0.2, 0.25) is 0 Å². The third-order valence-corrected chi connectivity index (χ3v) is 3.69. The van der Waals surface area contributed by atoms with Gasteiger partial charge in [-0.2, -0.15) is 5.10 Å². The molecule has 4 nitrogen and oxygen atoms in total. The van der Waals surface area contributed by atoms with Crippen molar-refractivity contribution in [3.8, 4) is 22.7 Å². The maximum atomic E-state index is 13.2. The van der Waals surface area contributed by atoms with Crippen molar-refractivity contribution < 1.29 is 9.13 Å². The first-order valence-electron chi connectivity index (χ1n) is 7.99. The largest absolute Gasteiger partial charge is 0.494 e. The zero-order chi connectivity index (χ0) is 16.9. The number of nitrogens with zero attached hydrogens (tertiary/aromatic N) is 2. The molecule has 3 rings (SSSR count). The van der Waals surface area contributed by atoms with Gasteiger partial charge in [-0.15, -0.1) is 0 Å². The summed E-state index contributed by atoms with van der Waals surface area (Å²) >= 11 is 0. The van der Waals surface area contributed by atoms with Crippen LogP contribution in [0, 0.1) is 5.82 Å². The van der Waals surface area contributed by atoms with E-state index in [0.29, 0.717) is 19.6 Å². The lowest BCUT2D eigenvalue weighted by Crippen LogP contribution is -2.04. The second-order valence-electron chi connectivity index (χ2n) is 5.41. The molecule has 0 saturated carbocycles. The summed E-state index contributed by atoms with van der Waals surface area (Å²) in [5, 5.41) is 4.65. The van der Waals surface area contributed by atoms with Crippen molar-refractivity contribution >= 4 is 0 Å². The number of hydrogen-bond acceptors (Lipinski definition) is 3. The van der Waals surface area contributed by atoms with E-state index in [2.05, 4.69) is 5.10 Å². The molecule has 2 aromatic carbocycles. The number of aromatic nitrogens is 2. The molecule has 3 aromatic rings. The van der Waals surface area contributed by atoms with Gasteiger partial charge in [0, 0.05) is 12.0 Å². The Morgan fingerprint density at radius 3 is 2.42 bits per heavy atom. The van der Waals surface area contributed by atoms with Gasteiger partial charge in [0.25, 0.3) is 0 Å². The van der Waals surface area contributed by atoms with Gasteiger partial charge in [-0.05, 0) is 68.1 Å². The van der Waals surface area contributed by atoms with Gasteiger partial charge in [0.2, 0.25) is 0 Å². The first-order chi connectivity index (χ1) is 11.7. The Balaban J connectivity index is 2.03. The fourth-order valence-corrected chi connectivity index (χ4v) is 2.57. The van der Waals surface area contributed by atoms with Crippen molar-refractivity contribution in [3.05, 3.63) is 66.1 Å². The molecule has 0 unspecified atom stereocenters. The van der Waals surface area contributed by atoms with Crippen molar-refractivity contribution in [2.75, 3.05) is 13.2 Å². The Hall–Kier alpha value is -2.66. The Morgan fingerprint density at radius 2 is 1.79 bits per heavy atom. The number of rotatable bonds is 6. The van der Waals surface area contributed by atoms with E-state index in [-0.39, 0.29) is 5.82 Å². The fraction of sp³-hybridized carbons (Fsp3) is 0.211. The molecular weight excluding hydrogens is 305 g/mol. The highest BCUT2D eigenvalue weighted by Crippen LogP contribution is 2.25. The van der Waals surface area contributed by atoms with Crippen molar-refractivity contribution in [1.29, 1.82) is 0 Å². The highest BCUT2D eigenvalue weighted by Gasteiger charge is 2.12. The number of hydrogen-bond donors (Lipinski definition) is 1. The molecule has 5 heteroatoms. The van der Waals surface area contributed by atoms with E-state index in [1.807, 2.05) is 41.9 Å². The fourth-order valence-electron chi connectivity index (χ4n) is 2.57. The second kappa shape index (κ2) is 7.27. The SMILES string of the molecule is CCOc1ccc(-n2nc(CCN)cc2-c2ccc(F)cc2)cc1. The average Bonchev–Trinajstić information content (AvgIpc) is 3.01. The van der Waals surface area contributed by atoms with Crippen molar-refractivity contribution in [2.45, 2.75) is 13.3 Å². The Kier molecular flexibility index (Phi) is 4.91. The minimum atomic E-state index is -0.256. The van der Waals surface area contributed by atoms with E-state index in [1.165, 1.54) is 12.1 Å². The molecule has 0 atom stereocenters. The van der Waals surface area contributed by atoms with Crippen LogP contribution in [0.4, 0.5) is 4.39 Å². The molecule has 2 N–H and O–H groups in total. The van der Waals surface area contributed by atoms with Crippen LogP contribution in [0.5, 0.6) is 5.75 Å². The summed E-state index contributed by atoms with van der Waals surface area (Å²) in [7, 11) is 0. The van der Waals surface area contributed by atoms with Gasteiger partial charge >= 0.3 is 0 Å². The summed E-state index contributed by atoms with van der Waals surface area (Å²) in [6.45, 7) is 3.11.